The molecular weight excluding hydrogens is 504 g/mol. The third-order valence-corrected chi connectivity index (χ3v) is 7.26. The maximum Gasteiger partial charge on any atom is 0.416 e. The lowest BCUT2D eigenvalue weighted by Gasteiger charge is -2.33. The fraction of sp³-hybridized carbons (Fsp3) is 0.417. The highest BCUT2D eigenvalue weighted by molar-refractivity contribution is 6.42. The summed E-state index contributed by atoms with van der Waals surface area (Å²) in [6, 6.07) is 8.38. The topological polar surface area (TPSA) is 59.4 Å². The molecule has 2 fully saturated rings. The number of alkyl halides is 3. The fourth-order valence-electron chi connectivity index (χ4n) is 4.66. The summed E-state index contributed by atoms with van der Waals surface area (Å²) >= 11 is 12.4. The maximum absolute atomic E-state index is 13.4. The average molecular weight is 527 g/mol. The van der Waals surface area contributed by atoms with Crippen molar-refractivity contribution in [3.8, 4) is 5.69 Å². The summed E-state index contributed by atoms with van der Waals surface area (Å²) in [6.45, 7) is 2.26. The molecule has 1 amide bonds. The number of rotatable bonds is 4. The van der Waals surface area contributed by atoms with Crippen LogP contribution in [0.25, 0.3) is 16.7 Å². The molecule has 1 aromatic heterocycles. The number of fused-ring (bicyclic) bond motifs is 1. The number of amides is 1. The van der Waals surface area contributed by atoms with Crippen molar-refractivity contribution in [2.24, 2.45) is 5.92 Å². The number of aromatic nitrogens is 2. The van der Waals surface area contributed by atoms with Crippen LogP contribution < -0.4 is 10.2 Å². The van der Waals surface area contributed by atoms with Gasteiger partial charge < -0.3 is 15.0 Å². The number of halogens is 5. The van der Waals surface area contributed by atoms with Crippen LogP contribution in [0, 0.1) is 5.92 Å². The van der Waals surface area contributed by atoms with Gasteiger partial charge in [-0.1, -0.05) is 29.3 Å². The predicted octanol–water partition coefficient (Wildman–Crippen LogP) is 5.47. The van der Waals surface area contributed by atoms with Crippen LogP contribution in [-0.4, -0.2) is 47.8 Å². The number of ether oxygens (including phenoxy) is 1. The van der Waals surface area contributed by atoms with E-state index in [1.807, 2.05) is 4.90 Å². The zero-order valence-corrected chi connectivity index (χ0v) is 20.1. The number of anilines is 1. The molecule has 3 aromatic rings. The van der Waals surface area contributed by atoms with Gasteiger partial charge >= 0.3 is 6.18 Å². The van der Waals surface area contributed by atoms with E-state index in [0.29, 0.717) is 66.8 Å². The molecule has 3 heterocycles. The molecule has 1 N–H and O–H groups in total. The number of hydrogen-bond acceptors (Lipinski definition) is 4. The van der Waals surface area contributed by atoms with E-state index in [2.05, 4.69) is 5.32 Å². The third-order valence-electron chi connectivity index (χ3n) is 6.54. The first-order chi connectivity index (χ1) is 16.7. The summed E-state index contributed by atoms with van der Waals surface area (Å²) < 4.78 is 47.3. The number of piperidine rings is 1. The Hall–Kier alpha value is -2.49. The van der Waals surface area contributed by atoms with Gasteiger partial charge in [0.2, 0.25) is 11.9 Å². The van der Waals surface area contributed by atoms with Crippen molar-refractivity contribution in [3.63, 3.8) is 0 Å². The van der Waals surface area contributed by atoms with Crippen molar-refractivity contribution >= 4 is 46.1 Å². The van der Waals surface area contributed by atoms with Crippen molar-refractivity contribution in [2.45, 2.75) is 31.5 Å². The van der Waals surface area contributed by atoms with E-state index in [1.54, 1.807) is 22.8 Å². The largest absolute Gasteiger partial charge is 0.416 e. The summed E-state index contributed by atoms with van der Waals surface area (Å²) in [4.78, 5) is 19.4. The molecule has 2 aliphatic rings. The Labute approximate surface area is 209 Å². The van der Waals surface area contributed by atoms with Gasteiger partial charge in [0.1, 0.15) is 0 Å². The average Bonchev–Trinajstić information content (AvgIpc) is 3.47. The smallest absolute Gasteiger partial charge is 0.379 e. The molecule has 5 rings (SSSR count). The normalized spacial score (nSPS) is 19.5. The van der Waals surface area contributed by atoms with Gasteiger partial charge in [-0.15, -0.1) is 0 Å². The lowest BCUT2D eigenvalue weighted by Crippen LogP contribution is -2.44. The van der Waals surface area contributed by atoms with Crippen LogP contribution in [0.15, 0.2) is 36.4 Å². The Morgan fingerprint density at radius 3 is 2.51 bits per heavy atom. The molecule has 35 heavy (non-hydrogen) atoms. The van der Waals surface area contributed by atoms with Crippen LogP contribution in [0.4, 0.5) is 19.1 Å². The second-order valence-corrected chi connectivity index (χ2v) is 9.70. The summed E-state index contributed by atoms with van der Waals surface area (Å²) in [5.74, 6) is 0.368. The van der Waals surface area contributed by atoms with Crippen LogP contribution in [0.1, 0.15) is 24.8 Å². The van der Waals surface area contributed by atoms with Crippen molar-refractivity contribution in [1.82, 2.24) is 14.9 Å². The van der Waals surface area contributed by atoms with E-state index >= 15 is 0 Å². The van der Waals surface area contributed by atoms with E-state index < -0.39 is 11.7 Å². The van der Waals surface area contributed by atoms with Gasteiger partial charge in [-0.3, -0.25) is 9.36 Å². The van der Waals surface area contributed by atoms with E-state index in [1.165, 1.54) is 6.07 Å². The lowest BCUT2D eigenvalue weighted by atomic mass is 9.95. The van der Waals surface area contributed by atoms with Gasteiger partial charge in [-0.05, 0) is 49.6 Å². The van der Waals surface area contributed by atoms with E-state index in [-0.39, 0.29) is 22.9 Å². The summed E-state index contributed by atoms with van der Waals surface area (Å²) in [7, 11) is 0. The lowest BCUT2D eigenvalue weighted by molar-refractivity contribution is -0.137. The highest BCUT2D eigenvalue weighted by Gasteiger charge is 2.32. The number of hydrogen-bond donors (Lipinski definition) is 1. The predicted molar refractivity (Wildman–Crippen MR) is 128 cm³/mol. The van der Waals surface area contributed by atoms with Gasteiger partial charge in [0, 0.05) is 31.3 Å². The molecular formula is C24H23Cl2F3N4O2. The molecule has 186 valence electrons. The third kappa shape index (κ3) is 4.94. The Bertz CT molecular complexity index is 1250. The van der Waals surface area contributed by atoms with Crippen LogP contribution >= 0.6 is 23.2 Å². The summed E-state index contributed by atoms with van der Waals surface area (Å²) in [5.41, 5.74) is 0.633. The Morgan fingerprint density at radius 2 is 1.83 bits per heavy atom. The number of carbonyl (C=O) groups excluding carboxylic acids is 1. The van der Waals surface area contributed by atoms with Gasteiger partial charge in [0.15, 0.2) is 0 Å². The highest BCUT2D eigenvalue weighted by Crippen LogP contribution is 2.36. The molecule has 2 aromatic carbocycles. The number of carbonyl (C=O) groups is 1. The molecule has 0 spiro atoms. The van der Waals surface area contributed by atoms with E-state index in [4.69, 9.17) is 32.9 Å². The van der Waals surface area contributed by atoms with E-state index in [0.717, 1.165) is 18.6 Å². The van der Waals surface area contributed by atoms with Gasteiger partial charge in [-0.2, -0.15) is 13.2 Å². The number of nitrogens with one attached hydrogen (secondary N) is 1. The number of benzene rings is 2. The molecule has 0 bridgehead atoms. The monoisotopic (exact) mass is 526 g/mol. The van der Waals surface area contributed by atoms with Crippen LogP contribution in [0.5, 0.6) is 0 Å². The SMILES string of the molecule is O=C(N[C@@H]1CCOC1)C1CCN(c2nc3cc(Cl)c(Cl)cc3n2-c2cccc(C(F)(F)F)c2)CC1. The zero-order valence-electron chi connectivity index (χ0n) is 18.6. The minimum atomic E-state index is -4.48. The molecule has 0 saturated carbocycles. The van der Waals surface area contributed by atoms with Crippen LogP contribution in [0.2, 0.25) is 10.0 Å². The van der Waals surface area contributed by atoms with Gasteiger partial charge in [-0.25, -0.2) is 4.98 Å². The van der Waals surface area contributed by atoms with Gasteiger partial charge in [0.05, 0.1) is 39.3 Å². The molecule has 11 heteroatoms. The Balaban J connectivity index is 1.46. The van der Waals surface area contributed by atoms with E-state index in [9.17, 15) is 18.0 Å². The quantitative estimate of drug-likeness (QED) is 0.489. The summed E-state index contributed by atoms with van der Waals surface area (Å²) in [5, 5.41) is 3.65. The van der Waals surface area contributed by atoms with Crippen molar-refractivity contribution < 1.29 is 22.7 Å². The van der Waals surface area contributed by atoms with Gasteiger partial charge in [0.25, 0.3) is 0 Å². The van der Waals surface area contributed by atoms with Crippen molar-refractivity contribution in [3.05, 3.63) is 52.0 Å². The molecule has 2 aliphatic heterocycles. The molecule has 0 unspecified atom stereocenters. The van der Waals surface area contributed by atoms with Crippen LogP contribution in [0.3, 0.4) is 0 Å². The molecule has 6 nitrogen and oxygen atoms in total. The number of nitrogens with zero attached hydrogens (tertiary/aromatic N) is 3. The Morgan fingerprint density at radius 1 is 1.09 bits per heavy atom. The summed E-state index contributed by atoms with van der Waals surface area (Å²) in [6.07, 6.45) is -2.46. The maximum atomic E-state index is 13.4. The van der Waals surface area contributed by atoms with Crippen LogP contribution in [-0.2, 0) is 15.7 Å². The highest BCUT2D eigenvalue weighted by atomic mass is 35.5. The molecule has 1 atom stereocenters. The zero-order chi connectivity index (χ0) is 24.7. The van der Waals surface area contributed by atoms with Crippen molar-refractivity contribution in [2.75, 3.05) is 31.2 Å². The minimum Gasteiger partial charge on any atom is -0.379 e. The Kier molecular flexibility index (Phi) is 6.59. The first-order valence-electron chi connectivity index (χ1n) is 11.4. The molecule has 2 saturated heterocycles. The fourth-order valence-corrected chi connectivity index (χ4v) is 4.97. The first kappa shape index (κ1) is 24.2. The molecule has 0 aliphatic carbocycles. The number of imidazole rings is 1. The first-order valence-corrected chi connectivity index (χ1v) is 12.1. The molecule has 0 radical (unpaired) electrons. The second kappa shape index (κ2) is 9.52. The van der Waals surface area contributed by atoms with Crippen molar-refractivity contribution in [1.29, 1.82) is 0 Å². The minimum absolute atomic E-state index is 0.0186. The standard InChI is InChI=1S/C24H23Cl2F3N4O2/c25-18-11-20-21(12-19(18)26)33(17-3-1-2-15(10-17)24(27,28)29)23(31-20)32-7-4-14(5-8-32)22(34)30-16-6-9-35-13-16/h1-3,10-12,14,16H,4-9,13H2,(H,30,34)/t16-/m1/s1. The second-order valence-electron chi connectivity index (χ2n) is 8.88.